The van der Waals surface area contributed by atoms with Crippen LogP contribution in [0.5, 0.6) is 17.2 Å². The standard InChI is InChI=1S/C23H32N4O3/c1-28-18-9-7-17(8-10-18)21(27-13-5-4-6-14-27)16-25-23(24)26-20-15-19(29-2)11-12-22(20)30-3/h7-12,15,21H,4-6,13-14,16H2,1-3H3,(H3,24,25,26). The zero-order chi connectivity index (χ0) is 21.3. The second kappa shape index (κ2) is 10.7. The molecule has 1 unspecified atom stereocenters. The lowest BCUT2D eigenvalue weighted by atomic mass is 10.0. The molecule has 0 radical (unpaired) electrons. The quantitative estimate of drug-likeness (QED) is 0.509. The molecule has 30 heavy (non-hydrogen) atoms. The van der Waals surface area contributed by atoms with Crippen molar-refractivity contribution in [2.75, 3.05) is 46.3 Å². The molecule has 0 aromatic heterocycles. The highest BCUT2D eigenvalue weighted by Crippen LogP contribution is 2.29. The number of nitrogens with one attached hydrogen (secondary N) is 1. The Balaban J connectivity index is 1.77. The first kappa shape index (κ1) is 21.8. The number of hydrogen-bond acceptors (Lipinski definition) is 5. The number of ether oxygens (including phenoxy) is 3. The number of piperidine rings is 1. The van der Waals surface area contributed by atoms with Gasteiger partial charge in [-0.05, 0) is 55.8 Å². The smallest absolute Gasteiger partial charge is 0.193 e. The average Bonchev–Trinajstić information content (AvgIpc) is 2.80. The number of nitrogens with two attached hydrogens (primary N) is 1. The van der Waals surface area contributed by atoms with Crippen LogP contribution < -0.4 is 25.3 Å². The lowest BCUT2D eigenvalue weighted by Crippen LogP contribution is -2.36. The van der Waals surface area contributed by atoms with Crippen molar-refractivity contribution >= 4 is 11.6 Å². The van der Waals surface area contributed by atoms with Gasteiger partial charge in [-0.15, -0.1) is 0 Å². The number of methoxy groups -OCH3 is 3. The van der Waals surface area contributed by atoms with Crippen LogP contribution in [0.2, 0.25) is 0 Å². The Morgan fingerprint density at radius 1 is 0.967 bits per heavy atom. The van der Waals surface area contributed by atoms with E-state index in [0.717, 1.165) is 30.3 Å². The van der Waals surface area contributed by atoms with Crippen LogP contribution in [0.25, 0.3) is 0 Å². The SMILES string of the molecule is COc1ccc(C(CN=C(N)Nc2cc(OC)ccc2OC)N2CCCCC2)cc1. The van der Waals surface area contributed by atoms with E-state index in [0.29, 0.717) is 18.3 Å². The van der Waals surface area contributed by atoms with Gasteiger partial charge in [-0.2, -0.15) is 0 Å². The first-order valence-corrected chi connectivity index (χ1v) is 10.3. The molecule has 7 heteroatoms. The van der Waals surface area contributed by atoms with Gasteiger partial charge in [0.2, 0.25) is 0 Å². The summed E-state index contributed by atoms with van der Waals surface area (Å²) in [6, 6.07) is 13.9. The maximum atomic E-state index is 6.23. The van der Waals surface area contributed by atoms with Crippen LogP contribution in [0.15, 0.2) is 47.5 Å². The van der Waals surface area contributed by atoms with Crippen molar-refractivity contribution in [3.63, 3.8) is 0 Å². The molecule has 2 aromatic rings. The summed E-state index contributed by atoms with van der Waals surface area (Å²) in [5, 5.41) is 3.15. The molecular formula is C23H32N4O3. The number of hydrogen-bond donors (Lipinski definition) is 2. The fourth-order valence-electron chi connectivity index (χ4n) is 3.76. The average molecular weight is 413 g/mol. The Bertz CT molecular complexity index is 833. The Morgan fingerprint density at radius 3 is 2.27 bits per heavy atom. The highest BCUT2D eigenvalue weighted by Gasteiger charge is 2.22. The molecule has 1 fully saturated rings. The van der Waals surface area contributed by atoms with Crippen LogP contribution in [-0.4, -0.2) is 51.8 Å². The van der Waals surface area contributed by atoms with Crippen LogP contribution >= 0.6 is 0 Å². The predicted octanol–water partition coefficient (Wildman–Crippen LogP) is 3.67. The third kappa shape index (κ3) is 5.57. The summed E-state index contributed by atoms with van der Waals surface area (Å²) >= 11 is 0. The van der Waals surface area contributed by atoms with Crippen molar-refractivity contribution in [1.29, 1.82) is 0 Å². The molecule has 1 heterocycles. The number of benzene rings is 2. The van der Waals surface area contributed by atoms with Crippen LogP contribution in [0, 0.1) is 0 Å². The molecular weight excluding hydrogens is 380 g/mol. The molecule has 3 rings (SSSR count). The van der Waals surface area contributed by atoms with Gasteiger partial charge < -0.3 is 25.3 Å². The number of rotatable bonds is 8. The molecule has 3 N–H and O–H groups in total. The molecule has 0 saturated carbocycles. The molecule has 1 atom stereocenters. The summed E-state index contributed by atoms with van der Waals surface area (Å²) < 4.78 is 16.0. The number of likely N-dealkylation sites (tertiary alicyclic amines) is 1. The normalized spacial score (nSPS) is 16.0. The van der Waals surface area contributed by atoms with Gasteiger partial charge in [0, 0.05) is 6.07 Å². The molecule has 2 aromatic carbocycles. The maximum Gasteiger partial charge on any atom is 0.193 e. The van der Waals surface area contributed by atoms with Crippen LogP contribution in [0.3, 0.4) is 0 Å². The third-order valence-electron chi connectivity index (χ3n) is 5.44. The lowest BCUT2D eigenvalue weighted by molar-refractivity contribution is 0.168. The summed E-state index contributed by atoms with van der Waals surface area (Å²) in [4.78, 5) is 7.15. The molecule has 1 saturated heterocycles. The fraction of sp³-hybridized carbons (Fsp3) is 0.435. The lowest BCUT2D eigenvalue weighted by Gasteiger charge is -2.34. The van der Waals surface area contributed by atoms with E-state index in [2.05, 4.69) is 27.3 Å². The first-order chi connectivity index (χ1) is 14.6. The Labute approximate surface area is 178 Å². The zero-order valence-electron chi connectivity index (χ0n) is 18.1. The van der Waals surface area contributed by atoms with Gasteiger partial charge in [0.05, 0.1) is 39.6 Å². The van der Waals surface area contributed by atoms with Crippen LogP contribution in [0.4, 0.5) is 5.69 Å². The third-order valence-corrected chi connectivity index (χ3v) is 5.44. The summed E-state index contributed by atoms with van der Waals surface area (Å²) in [6.45, 7) is 2.71. The van der Waals surface area contributed by atoms with Gasteiger partial charge in [-0.3, -0.25) is 9.89 Å². The molecule has 0 amide bonds. The second-order valence-electron chi connectivity index (χ2n) is 7.30. The summed E-state index contributed by atoms with van der Waals surface area (Å²) in [7, 11) is 4.93. The molecule has 1 aliphatic rings. The van der Waals surface area contributed by atoms with Crippen molar-refractivity contribution in [2.45, 2.75) is 25.3 Å². The number of guanidine groups is 1. The fourth-order valence-corrected chi connectivity index (χ4v) is 3.76. The summed E-state index contributed by atoms with van der Waals surface area (Å²) in [6.07, 6.45) is 3.71. The predicted molar refractivity (Wildman–Crippen MR) is 121 cm³/mol. The highest BCUT2D eigenvalue weighted by atomic mass is 16.5. The summed E-state index contributed by atoms with van der Waals surface area (Å²) in [5.41, 5.74) is 8.16. The van der Waals surface area contributed by atoms with E-state index in [9.17, 15) is 0 Å². The molecule has 0 bridgehead atoms. The van der Waals surface area contributed by atoms with E-state index in [-0.39, 0.29) is 6.04 Å². The molecule has 7 nitrogen and oxygen atoms in total. The minimum absolute atomic E-state index is 0.170. The van der Waals surface area contributed by atoms with Crippen molar-refractivity contribution in [3.05, 3.63) is 48.0 Å². The van der Waals surface area contributed by atoms with Crippen molar-refractivity contribution in [2.24, 2.45) is 10.7 Å². The number of nitrogens with zero attached hydrogens (tertiary/aromatic N) is 2. The summed E-state index contributed by atoms with van der Waals surface area (Å²) in [5.74, 6) is 2.59. The molecule has 162 valence electrons. The zero-order valence-corrected chi connectivity index (χ0v) is 18.1. The first-order valence-electron chi connectivity index (χ1n) is 10.3. The molecule has 1 aliphatic heterocycles. The van der Waals surface area contributed by atoms with Crippen LogP contribution in [-0.2, 0) is 0 Å². The monoisotopic (exact) mass is 412 g/mol. The Kier molecular flexibility index (Phi) is 7.79. The number of anilines is 1. The molecule has 0 spiro atoms. The number of aliphatic imine (C=N–C) groups is 1. The second-order valence-corrected chi connectivity index (χ2v) is 7.30. The van der Waals surface area contributed by atoms with E-state index in [1.165, 1.54) is 24.8 Å². The van der Waals surface area contributed by atoms with Gasteiger partial charge in [0.1, 0.15) is 17.2 Å². The van der Waals surface area contributed by atoms with Crippen molar-refractivity contribution in [3.8, 4) is 17.2 Å². The van der Waals surface area contributed by atoms with E-state index in [1.807, 2.05) is 30.3 Å². The van der Waals surface area contributed by atoms with E-state index >= 15 is 0 Å². The topological polar surface area (TPSA) is 81.3 Å². The van der Waals surface area contributed by atoms with Crippen molar-refractivity contribution < 1.29 is 14.2 Å². The minimum atomic E-state index is 0.170. The van der Waals surface area contributed by atoms with Gasteiger partial charge in [0.25, 0.3) is 0 Å². The van der Waals surface area contributed by atoms with Gasteiger partial charge >= 0.3 is 0 Å². The van der Waals surface area contributed by atoms with Gasteiger partial charge in [-0.25, -0.2) is 0 Å². The van der Waals surface area contributed by atoms with Crippen molar-refractivity contribution in [1.82, 2.24) is 4.90 Å². The van der Waals surface area contributed by atoms with E-state index in [1.54, 1.807) is 21.3 Å². The minimum Gasteiger partial charge on any atom is -0.497 e. The highest BCUT2D eigenvalue weighted by molar-refractivity contribution is 5.94. The van der Waals surface area contributed by atoms with Crippen LogP contribution in [0.1, 0.15) is 30.9 Å². The van der Waals surface area contributed by atoms with Gasteiger partial charge in [0.15, 0.2) is 5.96 Å². The largest absolute Gasteiger partial charge is 0.497 e. The molecule has 0 aliphatic carbocycles. The van der Waals surface area contributed by atoms with E-state index < -0.39 is 0 Å². The Hall–Kier alpha value is -2.93. The maximum absolute atomic E-state index is 6.23. The Morgan fingerprint density at radius 2 is 1.63 bits per heavy atom. The van der Waals surface area contributed by atoms with E-state index in [4.69, 9.17) is 19.9 Å². The van der Waals surface area contributed by atoms with Gasteiger partial charge in [-0.1, -0.05) is 18.6 Å².